The van der Waals surface area contributed by atoms with E-state index in [0.29, 0.717) is 54.9 Å². The molecule has 5 rings (SSSR count). The molecule has 1 aliphatic carbocycles. The number of nitrogens with one attached hydrogen (secondary N) is 2. The Morgan fingerprint density at radius 2 is 2.09 bits per heavy atom. The SMILES string of the molecule is CC[C@H]1CCc2[nH]nc(-c3nc4c(C(F)F)cc(N(C)C(=O)[C@H](C)N5CCOCC5)cc4[nH]3)c2C1. The number of likely N-dealkylation sites (N-methyl/N-ethyl adjacent to an activating group) is 1. The van der Waals surface area contributed by atoms with Crippen molar-refractivity contribution in [1.29, 1.82) is 0 Å². The Balaban J connectivity index is 1.49. The number of alkyl halides is 2. The number of aromatic nitrogens is 4. The lowest BCUT2D eigenvalue weighted by Crippen LogP contribution is -2.50. The fourth-order valence-corrected chi connectivity index (χ4v) is 5.24. The number of H-pyrrole nitrogens is 2. The first-order valence-electron chi connectivity index (χ1n) is 12.3. The second kappa shape index (κ2) is 9.66. The Morgan fingerprint density at radius 3 is 2.80 bits per heavy atom. The number of imidazole rings is 1. The van der Waals surface area contributed by atoms with Crippen molar-refractivity contribution in [3.63, 3.8) is 0 Å². The van der Waals surface area contributed by atoms with Crippen LogP contribution < -0.4 is 4.90 Å². The number of hydrogen-bond donors (Lipinski definition) is 2. The number of rotatable bonds is 6. The monoisotopic (exact) mass is 486 g/mol. The minimum atomic E-state index is -2.73. The van der Waals surface area contributed by atoms with E-state index in [1.54, 1.807) is 13.1 Å². The van der Waals surface area contributed by atoms with Gasteiger partial charge in [0.15, 0.2) is 5.82 Å². The summed E-state index contributed by atoms with van der Waals surface area (Å²) in [5, 5.41) is 7.60. The predicted octanol–water partition coefficient (Wildman–Crippen LogP) is 4.09. The lowest BCUT2D eigenvalue weighted by atomic mass is 9.85. The topological polar surface area (TPSA) is 90.1 Å². The number of halogens is 2. The summed E-state index contributed by atoms with van der Waals surface area (Å²) in [7, 11) is 1.63. The fourth-order valence-electron chi connectivity index (χ4n) is 5.24. The highest BCUT2D eigenvalue weighted by Crippen LogP contribution is 2.36. The first-order valence-corrected chi connectivity index (χ1v) is 12.3. The van der Waals surface area contributed by atoms with Crippen LogP contribution in [0.25, 0.3) is 22.6 Å². The Hall–Kier alpha value is -2.85. The summed E-state index contributed by atoms with van der Waals surface area (Å²) in [5.41, 5.74) is 3.79. The molecule has 1 aliphatic heterocycles. The van der Waals surface area contributed by atoms with Gasteiger partial charge in [0.05, 0.1) is 30.3 Å². The molecule has 2 aromatic heterocycles. The highest BCUT2D eigenvalue weighted by molar-refractivity contribution is 5.98. The standard InChI is InChI=1S/C25H32F2N6O2/c1-4-15-5-6-19-17(11-15)22(31-30-19)24-28-20-13-16(12-18(23(26)27)21(20)29-24)32(3)25(34)14(2)33-7-9-35-10-8-33/h12-15,23H,4-11H2,1-3H3,(H,28,29)(H,30,31)/t14-,15-/m0/s1. The Morgan fingerprint density at radius 1 is 1.31 bits per heavy atom. The molecule has 2 atom stereocenters. The van der Waals surface area contributed by atoms with Gasteiger partial charge in [0.25, 0.3) is 6.43 Å². The lowest BCUT2D eigenvalue weighted by Gasteiger charge is -2.33. The molecule has 0 radical (unpaired) electrons. The Kier molecular flexibility index (Phi) is 6.59. The summed E-state index contributed by atoms with van der Waals surface area (Å²) in [6.45, 7) is 6.52. The molecule has 0 bridgehead atoms. The second-order valence-corrected chi connectivity index (χ2v) is 9.59. The molecule has 2 N–H and O–H groups in total. The number of morpholine rings is 1. The number of amides is 1. The molecule has 1 fully saturated rings. The molecular formula is C25H32F2N6O2. The largest absolute Gasteiger partial charge is 0.379 e. The molecule has 3 heterocycles. The van der Waals surface area contributed by atoms with Crippen LogP contribution in [-0.4, -0.2) is 70.4 Å². The molecule has 0 saturated carbocycles. The number of anilines is 1. The van der Waals surface area contributed by atoms with Crippen LogP contribution in [0.5, 0.6) is 0 Å². The fraction of sp³-hybridized carbons (Fsp3) is 0.560. The molecule has 1 saturated heterocycles. The number of nitrogens with zero attached hydrogens (tertiary/aromatic N) is 4. The summed E-state index contributed by atoms with van der Waals surface area (Å²) < 4.78 is 33.6. The number of benzene rings is 1. The Labute approximate surface area is 203 Å². The van der Waals surface area contributed by atoms with Crippen LogP contribution in [0.1, 0.15) is 49.9 Å². The average Bonchev–Trinajstić information content (AvgIpc) is 3.50. The van der Waals surface area contributed by atoms with E-state index < -0.39 is 6.43 Å². The lowest BCUT2D eigenvalue weighted by molar-refractivity contribution is -0.124. The van der Waals surface area contributed by atoms with Crippen molar-refractivity contribution >= 4 is 22.6 Å². The molecule has 0 spiro atoms. The van der Waals surface area contributed by atoms with Gasteiger partial charge in [-0.2, -0.15) is 5.10 Å². The highest BCUT2D eigenvalue weighted by Gasteiger charge is 2.29. The third-order valence-electron chi connectivity index (χ3n) is 7.55. The number of aromatic amines is 2. The summed E-state index contributed by atoms with van der Waals surface area (Å²) in [5.74, 6) is 0.904. The van der Waals surface area contributed by atoms with Crippen LogP contribution >= 0.6 is 0 Å². The summed E-state index contributed by atoms with van der Waals surface area (Å²) >= 11 is 0. The maximum atomic E-state index is 14.1. The normalized spacial score (nSPS) is 19.8. The smallest absolute Gasteiger partial charge is 0.266 e. The van der Waals surface area contributed by atoms with Gasteiger partial charge in [-0.25, -0.2) is 13.8 Å². The number of ether oxygens (including phenoxy) is 1. The minimum absolute atomic E-state index is 0.154. The highest BCUT2D eigenvalue weighted by atomic mass is 19.3. The van der Waals surface area contributed by atoms with Gasteiger partial charge in [0.1, 0.15) is 5.69 Å². The first-order chi connectivity index (χ1) is 16.9. The molecule has 2 aliphatic rings. The van der Waals surface area contributed by atoms with Crippen molar-refractivity contribution in [3.8, 4) is 11.5 Å². The zero-order chi connectivity index (χ0) is 24.7. The molecule has 1 aromatic carbocycles. The van der Waals surface area contributed by atoms with Crippen LogP contribution in [0.15, 0.2) is 12.1 Å². The van der Waals surface area contributed by atoms with Crippen molar-refractivity contribution in [1.82, 2.24) is 25.1 Å². The summed E-state index contributed by atoms with van der Waals surface area (Å²) in [6.07, 6.45) is 1.31. The van der Waals surface area contributed by atoms with Crippen molar-refractivity contribution < 1.29 is 18.3 Å². The van der Waals surface area contributed by atoms with Gasteiger partial charge < -0.3 is 14.6 Å². The van der Waals surface area contributed by atoms with E-state index in [9.17, 15) is 13.6 Å². The van der Waals surface area contributed by atoms with E-state index in [0.717, 1.165) is 36.9 Å². The number of carbonyl (C=O) groups is 1. The van der Waals surface area contributed by atoms with E-state index in [4.69, 9.17) is 4.74 Å². The van der Waals surface area contributed by atoms with Crippen LogP contribution in [-0.2, 0) is 22.4 Å². The average molecular weight is 487 g/mol. The van der Waals surface area contributed by atoms with E-state index in [-0.39, 0.29) is 23.0 Å². The van der Waals surface area contributed by atoms with Gasteiger partial charge in [-0.1, -0.05) is 13.3 Å². The molecule has 3 aromatic rings. The van der Waals surface area contributed by atoms with Crippen molar-refractivity contribution in [2.24, 2.45) is 5.92 Å². The van der Waals surface area contributed by atoms with Crippen LogP contribution in [0.3, 0.4) is 0 Å². The van der Waals surface area contributed by atoms with E-state index in [1.807, 2.05) is 11.8 Å². The van der Waals surface area contributed by atoms with Gasteiger partial charge in [-0.15, -0.1) is 0 Å². The third-order valence-corrected chi connectivity index (χ3v) is 7.55. The number of hydrogen-bond acceptors (Lipinski definition) is 5. The molecule has 8 nitrogen and oxygen atoms in total. The van der Waals surface area contributed by atoms with E-state index in [1.165, 1.54) is 11.0 Å². The number of carbonyl (C=O) groups excluding carboxylic acids is 1. The van der Waals surface area contributed by atoms with Gasteiger partial charge in [0, 0.05) is 42.6 Å². The third kappa shape index (κ3) is 4.45. The van der Waals surface area contributed by atoms with Gasteiger partial charge in [-0.3, -0.25) is 14.8 Å². The van der Waals surface area contributed by atoms with Crippen molar-refractivity contribution in [2.75, 3.05) is 38.3 Å². The second-order valence-electron chi connectivity index (χ2n) is 9.59. The molecule has 0 unspecified atom stereocenters. The quantitative estimate of drug-likeness (QED) is 0.548. The van der Waals surface area contributed by atoms with Crippen molar-refractivity contribution in [2.45, 2.75) is 52.0 Å². The maximum Gasteiger partial charge on any atom is 0.266 e. The van der Waals surface area contributed by atoms with Gasteiger partial charge in [-0.05, 0) is 44.2 Å². The maximum absolute atomic E-state index is 14.1. The van der Waals surface area contributed by atoms with E-state index >= 15 is 0 Å². The van der Waals surface area contributed by atoms with Gasteiger partial charge >= 0.3 is 0 Å². The zero-order valence-electron chi connectivity index (χ0n) is 20.4. The number of fused-ring (bicyclic) bond motifs is 2. The predicted molar refractivity (Wildman–Crippen MR) is 130 cm³/mol. The molecule has 10 heteroatoms. The van der Waals surface area contributed by atoms with Gasteiger partial charge in [0.2, 0.25) is 5.91 Å². The molecule has 188 valence electrons. The first kappa shape index (κ1) is 23.9. The van der Waals surface area contributed by atoms with Crippen molar-refractivity contribution in [3.05, 3.63) is 29.0 Å². The molecular weight excluding hydrogens is 454 g/mol. The van der Waals surface area contributed by atoms with E-state index in [2.05, 4.69) is 27.1 Å². The van der Waals surface area contributed by atoms with Crippen LogP contribution in [0.4, 0.5) is 14.5 Å². The zero-order valence-corrected chi connectivity index (χ0v) is 20.4. The molecule has 1 amide bonds. The summed E-state index contributed by atoms with van der Waals surface area (Å²) in [4.78, 5) is 24.4. The Bertz CT molecular complexity index is 1220. The minimum Gasteiger partial charge on any atom is -0.379 e. The van der Waals surface area contributed by atoms with Crippen LogP contribution in [0.2, 0.25) is 0 Å². The summed E-state index contributed by atoms with van der Waals surface area (Å²) in [6, 6.07) is 2.71. The molecule has 35 heavy (non-hydrogen) atoms. The van der Waals surface area contributed by atoms with Crippen LogP contribution in [0, 0.1) is 5.92 Å². The number of aryl methyl sites for hydroxylation is 1.